The number of carbonyl (C=O) groups excluding carboxylic acids is 1. The van der Waals surface area contributed by atoms with Crippen molar-refractivity contribution in [1.82, 2.24) is 9.78 Å². The van der Waals surface area contributed by atoms with E-state index in [1.807, 2.05) is 19.9 Å². The summed E-state index contributed by atoms with van der Waals surface area (Å²) in [4.78, 5) is 12.2. The van der Waals surface area contributed by atoms with Gasteiger partial charge < -0.3 is 5.32 Å². The average Bonchev–Trinajstić information content (AvgIpc) is 2.73. The van der Waals surface area contributed by atoms with E-state index in [1.54, 1.807) is 11.7 Å². The van der Waals surface area contributed by atoms with Crippen molar-refractivity contribution < 1.29 is 9.18 Å². The highest BCUT2D eigenvalue weighted by Gasteiger charge is 2.15. The predicted octanol–water partition coefficient (Wildman–Crippen LogP) is 2.55. The molecule has 0 saturated carbocycles. The first-order chi connectivity index (χ1) is 9.96. The second-order valence-electron chi connectivity index (χ2n) is 4.69. The van der Waals surface area contributed by atoms with Gasteiger partial charge in [0.15, 0.2) is 0 Å². The molecule has 1 amide bonds. The van der Waals surface area contributed by atoms with Gasteiger partial charge in [0.25, 0.3) is 5.91 Å². The Bertz CT molecular complexity index is 743. The van der Waals surface area contributed by atoms with Crippen molar-refractivity contribution in [2.45, 2.75) is 20.3 Å². The maximum atomic E-state index is 13.4. The lowest BCUT2D eigenvalue weighted by atomic mass is 10.1. The average molecular weight is 286 g/mol. The fraction of sp³-hybridized carbons (Fsp3) is 0.267. The lowest BCUT2D eigenvalue weighted by molar-refractivity contribution is 0.102. The fourth-order valence-electron chi connectivity index (χ4n) is 2.16. The van der Waals surface area contributed by atoms with Gasteiger partial charge in [-0.1, -0.05) is 6.92 Å². The summed E-state index contributed by atoms with van der Waals surface area (Å²) in [6.07, 6.45) is 0.758. The van der Waals surface area contributed by atoms with Gasteiger partial charge in [-0.2, -0.15) is 10.4 Å². The molecule has 0 bridgehead atoms. The summed E-state index contributed by atoms with van der Waals surface area (Å²) < 4.78 is 15.0. The van der Waals surface area contributed by atoms with E-state index < -0.39 is 11.7 Å². The number of nitrogens with zero attached hydrogens (tertiary/aromatic N) is 3. The van der Waals surface area contributed by atoms with Gasteiger partial charge in [-0.05, 0) is 31.5 Å². The molecular weight excluding hydrogens is 271 g/mol. The van der Waals surface area contributed by atoms with Crippen molar-refractivity contribution >= 4 is 11.7 Å². The third-order valence-electron chi connectivity index (χ3n) is 3.24. The number of benzene rings is 1. The molecule has 2 aromatic rings. The van der Waals surface area contributed by atoms with Crippen molar-refractivity contribution in [1.29, 1.82) is 5.26 Å². The molecule has 0 aliphatic rings. The highest BCUT2D eigenvalue weighted by Crippen LogP contribution is 2.19. The topological polar surface area (TPSA) is 70.7 Å². The minimum Gasteiger partial charge on any atom is -0.307 e. The molecule has 0 saturated heterocycles. The maximum Gasteiger partial charge on any atom is 0.256 e. The molecule has 0 unspecified atom stereocenters. The molecule has 0 spiro atoms. The first-order valence-corrected chi connectivity index (χ1v) is 6.50. The highest BCUT2D eigenvalue weighted by molar-refractivity contribution is 6.04. The van der Waals surface area contributed by atoms with Crippen LogP contribution in [0.15, 0.2) is 18.2 Å². The summed E-state index contributed by atoms with van der Waals surface area (Å²) in [7, 11) is 1.73. The molecule has 108 valence electrons. The molecule has 5 nitrogen and oxygen atoms in total. The Balaban J connectivity index is 2.33. The second-order valence-corrected chi connectivity index (χ2v) is 4.69. The van der Waals surface area contributed by atoms with Gasteiger partial charge in [0.1, 0.15) is 11.6 Å². The summed E-state index contributed by atoms with van der Waals surface area (Å²) >= 11 is 0. The zero-order chi connectivity index (χ0) is 15.6. The fourth-order valence-corrected chi connectivity index (χ4v) is 2.16. The summed E-state index contributed by atoms with van der Waals surface area (Å²) in [5.74, 6) is -0.519. The van der Waals surface area contributed by atoms with Crippen molar-refractivity contribution in [3.63, 3.8) is 0 Å². The van der Waals surface area contributed by atoms with Crippen molar-refractivity contribution in [3.8, 4) is 6.07 Å². The van der Waals surface area contributed by atoms with Crippen LogP contribution in [-0.2, 0) is 13.5 Å². The van der Waals surface area contributed by atoms with Crippen LogP contribution in [0.25, 0.3) is 0 Å². The SMILES string of the molecule is CCc1nn(C)c(NC(=O)c2cc(F)cc(C#N)c2)c1C. The van der Waals surface area contributed by atoms with Crippen molar-refractivity contribution in [3.05, 3.63) is 46.4 Å². The number of nitriles is 1. The Hall–Kier alpha value is -2.68. The van der Waals surface area contributed by atoms with E-state index in [0.29, 0.717) is 5.82 Å². The Kier molecular flexibility index (Phi) is 4.03. The van der Waals surface area contributed by atoms with Crippen LogP contribution in [0.2, 0.25) is 0 Å². The molecule has 2 rings (SSSR count). The first kappa shape index (κ1) is 14.7. The minimum atomic E-state index is -0.616. The molecule has 0 atom stereocenters. The van der Waals surface area contributed by atoms with Crippen LogP contribution in [0, 0.1) is 24.1 Å². The minimum absolute atomic E-state index is 0.102. The maximum absolute atomic E-state index is 13.4. The largest absolute Gasteiger partial charge is 0.307 e. The first-order valence-electron chi connectivity index (χ1n) is 6.50. The Labute approximate surface area is 122 Å². The van der Waals surface area contributed by atoms with Crippen molar-refractivity contribution in [2.75, 3.05) is 5.32 Å². The summed E-state index contributed by atoms with van der Waals surface area (Å²) in [5, 5.41) is 15.8. The lowest BCUT2D eigenvalue weighted by Crippen LogP contribution is -2.15. The third kappa shape index (κ3) is 2.92. The van der Waals surface area contributed by atoms with Gasteiger partial charge >= 0.3 is 0 Å². The molecule has 1 N–H and O–H groups in total. The standard InChI is InChI=1S/C15H15FN4O/c1-4-13-9(2)14(20(3)19-13)18-15(21)11-5-10(8-17)6-12(16)7-11/h5-7H,4H2,1-3H3,(H,18,21). The molecule has 1 aromatic heterocycles. The van der Waals surface area contributed by atoms with Gasteiger partial charge in [-0.3, -0.25) is 9.48 Å². The highest BCUT2D eigenvalue weighted by atomic mass is 19.1. The molecule has 0 aliphatic carbocycles. The van der Waals surface area contributed by atoms with Gasteiger partial charge in [0.2, 0.25) is 0 Å². The number of hydrogen-bond donors (Lipinski definition) is 1. The van der Waals surface area contributed by atoms with Gasteiger partial charge in [0.05, 0.1) is 17.3 Å². The van der Waals surface area contributed by atoms with E-state index in [9.17, 15) is 9.18 Å². The van der Waals surface area contributed by atoms with Crippen molar-refractivity contribution in [2.24, 2.45) is 7.05 Å². The van der Waals surface area contributed by atoms with E-state index >= 15 is 0 Å². The summed E-state index contributed by atoms with van der Waals surface area (Å²) in [5.41, 5.74) is 1.98. The van der Waals surface area contributed by atoms with Crippen LogP contribution in [0.4, 0.5) is 10.2 Å². The Morgan fingerprint density at radius 2 is 2.19 bits per heavy atom. The summed E-state index contributed by atoms with van der Waals surface area (Å²) in [6, 6.07) is 5.36. The zero-order valence-corrected chi connectivity index (χ0v) is 12.1. The van der Waals surface area contributed by atoms with Crippen LogP contribution >= 0.6 is 0 Å². The Morgan fingerprint density at radius 1 is 1.48 bits per heavy atom. The van der Waals surface area contributed by atoms with Crippen LogP contribution in [0.5, 0.6) is 0 Å². The molecule has 1 aromatic carbocycles. The lowest BCUT2D eigenvalue weighted by Gasteiger charge is -2.07. The quantitative estimate of drug-likeness (QED) is 0.942. The number of hydrogen-bond acceptors (Lipinski definition) is 3. The normalized spacial score (nSPS) is 10.2. The van der Waals surface area contributed by atoms with E-state index in [-0.39, 0.29) is 11.1 Å². The number of amides is 1. The third-order valence-corrected chi connectivity index (χ3v) is 3.24. The van der Waals surface area contributed by atoms with E-state index in [4.69, 9.17) is 5.26 Å². The number of aryl methyl sites for hydroxylation is 2. The number of rotatable bonds is 3. The molecular formula is C15H15FN4O. The zero-order valence-electron chi connectivity index (χ0n) is 12.1. The van der Waals surface area contributed by atoms with Gasteiger partial charge in [-0.15, -0.1) is 0 Å². The number of halogens is 1. The second kappa shape index (κ2) is 5.75. The predicted molar refractivity (Wildman–Crippen MR) is 76.4 cm³/mol. The monoisotopic (exact) mass is 286 g/mol. The molecule has 6 heteroatoms. The van der Waals surface area contributed by atoms with Crippen LogP contribution < -0.4 is 5.32 Å². The molecule has 1 heterocycles. The number of carbonyl (C=O) groups is 1. The van der Waals surface area contributed by atoms with E-state index in [2.05, 4.69) is 10.4 Å². The molecule has 0 radical (unpaired) electrons. The number of nitrogens with one attached hydrogen (secondary N) is 1. The smallest absolute Gasteiger partial charge is 0.256 e. The van der Waals surface area contributed by atoms with Gasteiger partial charge in [-0.25, -0.2) is 4.39 Å². The van der Waals surface area contributed by atoms with E-state index in [0.717, 1.165) is 29.8 Å². The van der Waals surface area contributed by atoms with Crippen LogP contribution in [0.3, 0.4) is 0 Å². The summed E-state index contributed by atoms with van der Waals surface area (Å²) in [6.45, 7) is 3.85. The number of anilines is 1. The van der Waals surface area contributed by atoms with Crippen LogP contribution in [0.1, 0.15) is 34.1 Å². The van der Waals surface area contributed by atoms with Gasteiger partial charge in [0, 0.05) is 18.2 Å². The molecule has 0 fully saturated rings. The molecule has 0 aliphatic heterocycles. The Morgan fingerprint density at radius 3 is 2.76 bits per heavy atom. The van der Waals surface area contributed by atoms with E-state index in [1.165, 1.54) is 6.07 Å². The van der Waals surface area contributed by atoms with Crippen LogP contribution in [-0.4, -0.2) is 15.7 Å². The molecule has 21 heavy (non-hydrogen) atoms. The number of aromatic nitrogens is 2.